The first kappa shape index (κ1) is 63.7. The molecule has 1 saturated heterocycles. The Labute approximate surface area is 503 Å². The van der Waals surface area contributed by atoms with E-state index in [-0.39, 0.29) is 64.1 Å². The molecule has 6 bridgehead atoms. The number of carbonyl (C=O) groups is 10. The molecule has 23 nitrogen and oxygen atoms in total. The molecule has 4 aromatic carbocycles. The number of nitrogens with zero attached hydrogens (tertiary/aromatic N) is 2. The van der Waals surface area contributed by atoms with Gasteiger partial charge < -0.3 is 67.2 Å². The van der Waals surface area contributed by atoms with Crippen LogP contribution in [0, 0.1) is 5.82 Å². The Balaban J connectivity index is 1.09. The lowest BCUT2D eigenvalue weighted by atomic mass is 9.94. The third-order valence-corrected chi connectivity index (χ3v) is 16.0. The number of rotatable bonds is 6. The van der Waals surface area contributed by atoms with Crippen LogP contribution in [0.5, 0.6) is 11.5 Å². The number of carbonyl (C=O) groups excluding carboxylic acids is 10. The van der Waals surface area contributed by atoms with Gasteiger partial charge in [0, 0.05) is 74.4 Å². The second-order valence-electron chi connectivity index (χ2n) is 22.5. The normalized spacial score (nSPS) is 23.4. The molecule has 4 aliphatic heterocycles. The first-order valence-electron chi connectivity index (χ1n) is 29.4. The summed E-state index contributed by atoms with van der Waals surface area (Å²) in [7, 11) is 1.50. The number of primary amides is 1. The maximum Gasteiger partial charge on any atom is 0.251 e. The fourth-order valence-electron chi connectivity index (χ4n) is 11.0. The van der Waals surface area contributed by atoms with Crippen molar-refractivity contribution in [3.05, 3.63) is 131 Å². The van der Waals surface area contributed by atoms with Gasteiger partial charge >= 0.3 is 0 Å². The molecule has 24 heteroatoms. The maximum absolute atomic E-state index is 15.2. The molecule has 1 aromatic heterocycles. The number of methoxy groups -OCH3 is 1. The summed E-state index contributed by atoms with van der Waals surface area (Å²) < 4.78 is 26.2. The number of aromatic nitrogens is 1. The number of H-pyrrole nitrogens is 1. The zero-order valence-electron chi connectivity index (χ0n) is 49.1. The Morgan fingerprint density at radius 1 is 0.724 bits per heavy atom. The van der Waals surface area contributed by atoms with E-state index in [2.05, 4.69) is 42.2 Å². The summed E-state index contributed by atoms with van der Waals surface area (Å²) in [5, 5.41) is 19.7. The highest BCUT2D eigenvalue weighted by Gasteiger charge is 2.48. The number of benzene rings is 4. The lowest BCUT2D eigenvalue weighted by Crippen LogP contribution is -2.63. The van der Waals surface area contributed by atoms with Gasteiger partial charge in [0.1, 0.15) is 53.1 Å². The van der Waals surface area contributed by atoms with Gasteiger partial charge in [0.2, 0.25) is 53.2 Å². The van der Waals surface area contributed by atoms with Crippen molar-refractivity contribution in [2.24, 2.45) is 5.73 Å². The number of ether oxygens (including phenoxy) is 2. The third-order valence-electron chi connectivity index (χ3n) is 16.0. The van der Waals surface area contributed by atoms with Crippen LogP contribution in [0.15, 0.2) is 97.2 Å². The monoisotopic (exact) mass is 1200 g/mol. The molecule has 0 spiro atoms. The number of hydrogen-bond acceptors (Lipinski definition) is 12. The van der Waals surface area contributed by atoms with E-state index in [9.17, 15) is 47.5 Å². The van der Waals surface area contributed by atoms with E-state index in [0.29, 0.717) is 95.3 Å². The summed E-state index contributed by atoms with van der Waals surface area (Å²) in [5.41, 5.74) is 7.48. The topological polar surface area (TPSA) is 322 Å². The SMILES string of the molecule is COc1ccc(C[C@@H]2NC(=O)[C@H](C)NC(=O)CN3CCCCOc4cccc(c4)C[C@H](NC(=O)CNC(=O)CCCCCNC(=O)c4ccc(cc4)C[C@@H](C(N)=O)NC(=O)[C@]4(C)CCCN4C2=O)C(=O)N[C@@H](Cc2c[nH]c4ccc(F)cc24)C3=O)cc1. The molecule has 5 aromatic rings. The van der Waals surface area contributed by atoms with Gasteiger partial charge in [-0.25, -0.2) is 4.39 Å². The second-order valence-corrected chi connectivity index (χ2v) is 22.5. The van der Waals surface area contributed by atoms with E-state index < -0.39 is 108 Å². The fourth-order valence-corrected chi connectivity index (χ4v) is 11.0. The number of fused-ring (bicyclic) bond motifs is 26. The summed E-state index contributed by atoms with van der Waals surface area (Å²) in [6, 6.07) is 17.7. The molecule has 0 aliphatic carbocycles. The minimum Gasteiger partial charge on any atom is -0.497 e. The molecule has 9 rings (SSSR count). The van der Waals surface area contributed by atoms with Crippen LogP contribution in [0.4, 0.5) is 4.39 Å². The van der Waals surface area contributed by atoms with Crippen molar-refractivity contribution in [2.45, 2.75) is 127 Å². The number of aromatic amines is 1. The van der Waals surface area contributed by atoms with Crippen LogP contribution in [0.25, 0.3) is 10.9 Å². The van der Waals surface area contributed by atoms with Gasteiger partial charge in [-0.05, 0) is 129 Å². The lowest BCUT2D eigenvalue weighted by molar-refractivity contribution is -0.147. The predicted molar refractivity (Wildman–Crippen MR) is 318 cm³/mol. The molecule has 0 radical (unpaired) electrons. The summed E-state index contributed by atoms with van der Waals surface area (Å²) in [5.74, 6) is -6.20. The summed E-state index contributed by atoms with van der Waals surface area (Å²) >= 11 is 0. The average molecular weight is 1200 g/mol. The quantitative estimate of drug-likeness (QED) is 0.118. The highest BCUT2D eigenvalue weighted by Crippen LogP contribution is 2.31. The molecule has 6 atom stereocenters. The Morgan fingerprint density at radius 2 is 1.48 bits per heavy atom. The van der Waals surface area contributed by atoms with Crippen LogP contribution in [0.1, 0.15) is 97.8 Å². The van der Waals surface area contributed by atoms with E-state index >= 15 is 4.79 Å². The lowest BCUT2D eigenvalue weighted by Gasteiger charge is -2.37. The zero-order chi connectivity index (χ0) is 62.2. The van der Waals surface area contributed by atoms with E-state index in [4.69, 9.17) is 15.2 Å². The number of hydrogen-bond donors (Lipinski definition) is 9. The van der Waals surface area contributed by atoms with Crippen molar-refractivity contribution >= 4 is 70.0 Å². The van der Waals surface area contributed by atoms with Crippen molar-refractivity contribution in [2.75, 3.05) is 46.4 Å². The van der Waals surface area contributed by atoms with Crippen LogP contribution >= 0.6 is 0 Å². The third kappa shape index (κ3) is 17.2. The molecule has 1 fully saturated rings. The van der Waals surface area contributed by atoms with Gasteiger partial charge in [-0.3, -0.25) is 47.9 Å². The zero-order valence-corrected chi connectivity index (χ0v) is 49.1. The molecule has 10 N–H and O–H groups in total. The van der Waals surface area contributed by atoms with E-state index in [1.807, 2.05) is 0 Å². The molecule has 0 saturated carbocycles. The van der Waals surface area contributed by atoms with Crippen molar-refractivity contribution in [3.8, 4) is 11.5 Å². The summed E-state index contributed by atoms with van der Waals surface area (Å²) in [6.07, 6.45) is 4.13. The predicted octanol–water partition coefficient (Wildman–Crippen LogP) is 2.32. The summed E-state index contributed by atoms with van der Waals surface area (Å²) in [6.45, 7) is 2.45. The van der Waals surface area contributed by atoms with Crippen LogP contribution in [-0.4, -0.2) is 156 Å². The van der Waals surface area contributed by atoms with Crippen molar-refractivity contribution in [1.82, 2.24) is 52.0 Å². The highest BCUT2D eigenvalue weighted by atomic mass is 19.1. The van der Waals surface area contributed by atoms with Gasteiger partial charge in [0.05, 0.1) is 26.8 Å². The van der Waals surface area contributed by atoms with Crippen LogP contribution < -0.4 is 52.4 Å². The fraction of sp³-hybridized carbons (Fsp3) is 0.429. The molecule has 10 amide bonds. The van der Waals surface area contributed by atoms with Crippen LogP contribution in [0.3, 0.4) is 0 Å². The number of halogens is 1. The largest absolute Gasteiger partial charge is 0.497 e. The summed E-state index contributed by atoms with van der Waals surface area (Å²) in [4.78, 5) is 146. The first-order chi connectivity index (χ1) is 41.8. The minimum absolute atomic E-state index is 0.0323. The van der Waals surface area contributed by atoms with Crippen LogP contribution in [0.2, 0.25) is 0 Å². The van der Waals surface area contributed by atoms with Crippen molar-refractivity contribution in [3.63, 3.8) is 0 Å². The molecule has 4 aliphatic rings. The Bertz CT molecular complexity index is 3340. The van der Waals surface area contributed by atoms with Crippen molar-refractivity contribution in [1.29, 1.82) is 0 Å². The maximum atomic E-state index is 15.2. The molecular formula is C63H76FN11O12. The standard InChI is InChI=1S/C63H76FN11O12/c1-38-57(80)71-51(31-40-16-21-45(86-3)22-17-40)61(84)75-27-10-24-63(75,2)62(85)73-49(56(65)79)30-39-14-18-42(19-15-39)58(81)66-25-6-4-5-13-53(76)68-36-54(77)70-50-32-41-11-9-12-46(29-41)87-28-8-7-26-74(37-55(78)69-38)60(83)52(72-59(50)82)33-43-35-67-48-23-20-44(64)34-47(43)48/h9,11-12,14-23,29,34-35,38,49-52,67H,4-8,10,13,24-28,30-33,36-37H2,1-3H3,(H2,65,79)(H,66,81)(H,68,76)(H,69,78)(H,70,77)(H,71,80)(H,72,82)(H,73,85)/t38-,49-,50-,51-,52-,63-/m0/s1. The number of nitrogens with two attached hydrogens (primary N) is 1. The first-order valence-corrected chi connectivity index (χ1v) is 29.4. The molecular weight excluding hydrogens is 1120 g/mol. The van der Waals surface area contributed by atoms with Gasteiger partial charge in [-0.1, -0.05) is 42.8 Å². The Kier molecular flexibility index (Phi) is 21.7. The van der Waals surface area contributed by atoms with E-state index in [0.717, 1.165) is 0 Å². The number of amides is 10. The van der Waals surface area contributed by atoms with Crippen LogP contribution in [-0.2, 0) is 68.8 Å². The van der Waals surface area contributed by atoms with Gasteiger partial charge in [0.15, 0.2) is 0 Å². The van der Waals surface area contributed by atoms with Gasteiger partial charge in [-0.15, -0.1) is 0 Å². The van der Waals surface area contributed by atoms with Crippen molar-refractivity contribution < 1.29 is 61.8 Å². The molecule has 5 heterocycles. The molecule has 87 heavy (non-hydrogen) atoms. The second kappa shape index (κ2) is 29.6. The number of nitrogens with one attached hydrogen (secondary N) is 8. The highest BCUT2D eigenvalue weighted by molar-refractivity contribution is 5.99. The van der Waals surface area contributed by atoms with Gasteiger partial charge in [-0.2, -0.15) is 0 Å². The van der Waals surface area contributed by atoms with E-state index in [1.54, 1.807) is 85.9 Å². The molecule has 462 valence electrons. The minimum atomic E-state index is -1.52. The molecule has 0 unspecified atom stereocenters. The Hall–Kier alpha value is -9.35. The van der Waals surface area contributed by atoms with Gasteiger partial charge in [0.25, 0.3) is 5.91 Å². The smallest absolute Gasteiger partial charge is 0.251 e. The van der Waals surface area contributed by atoms with E-state index in [1.165, 1.54) is 42.0 Å². The Morgan fingerprint density at radius 3 is 2.24 bits per heavy atom. The average Bonchev–Trinajstić information content (AvgIpc) is 2.57.